The van der Waals surface area contributed by atoms with Crippen LogP contribution in [0.15, 0.2) is 42.5 Å². The molecule has 1 aliphatic heterocycles. The maximum absolute atomic E-state index is 13.0. The van der Waals surface area contributed by atoms with E-state index in [0.29, 0.717) is 17.3 Å². The summed E-state index contributed by atoms with van der Waals surface area (Å²) in [7, 11) is 0. The van der Waals surface area contributed by atoms with Crippen LogP contribution < -0.4 is 15.4 Å². The number of anilines is 1. The van der Waals surface area contributed by atoms with Crippen molar-refractivity contribution in [1.82, 2.24) is 15.2 Å². The van der Waals surface area contributed by atoms with Crippen LogP contribution in [0.1, 0.15) is 10.4 Å². The van der Waals surface area contributed by atoms with E-state index < -0.39 is 11.7 Å². The Morgan fingerprint density at radius 1 is 1.23 bits per heavy atom. The number of nitrogens with zero attached hydrogens (tertiary/aromatic N) is 2. The summed E-state index contributed by atoms with van der Waals surface area (Å²) < 4.78 is 25.2. The van der Waals surface area contributed by atoms with E-state index in [2.05, 4.69) is 20.5 Å². The fraction of sp³-hybridized carbons (Fsp3) is 0.286. The zero-order valence-electron chi connectivity index (χ0n) is 16.6. The van der Waals surface area contributed by atoms with Crippen LogP contribution in [-0.2, 0) is 4.74 Å². The smallest absolute Gasteiger partial charge is 0.257 e. The first-order valence-electron chi connectivity index (χ1n) is 9.78. The lowest BCUT2D eigenvalue weighted by Gasteiger charge is -2.26. The number of carbonyl (C=O) groups is 1. The zero-order chi connectivity index (χ0) is 21.6. The number of thiocarbonyl (C=S) groups is 1. The van der Waals surface area contributed by atoms with Crippen molar-refractivity contribution in [3.63, 3.8) is 0 Å². The zero-order valence-corrected chi connectivity index (χ0v) is 18.2. The van der Waals surface area contributed by atoms with Gasteiger partial charge < -0.3 is 14.8 Å². The molecule has 1 fully saturated rings. The Bertz CT molecular complexity index is 1070. The fourth-order valence-electron chi connectivity index (χ4n) is 3.07. The van der Waals surface area contributed by atoms with Gasteiger partial charge in [-0.15, -0.1) is 0 Å². The molecule has 10 heteroatoms. The number of halogens is 1. The molecule has 2 heterocycles. The van der Waals surface area contributed by atoms with Gasteiger partial charge in [0, 0.05) is 25.2 Å². The van der Waals surface area contributed by atoms with Crippen LogP contribution >= 0.6 is 23.6 Å². The predicted octanol–water partition coefficient (Wildman–Crippen LogP) is 3.27. The van der Waals surface area contributed by atoms with Gasteiger partial charge in [-0.3, -0.25) is 15.0 Å². The lowest BCUT2D eigenvalue weighted by Crippen LogP contribution is -2.38. The normalized spacial score (nSPS) is 14.4. The van der Waals surface area contributed by atoms with Gasteiger partial charge in [0.15, 0.2) is 10.2 Å². The number of amides is 1. The number of rotatable bonds is 6. The Labute approximate surface area is 188 Å². The highest BCUT2D eigenvalue weighted by atomic mass is 32.1. The molecule has 0 spiro atoms. The van der Waals surface area contributed by atoms with E-state index in [1.165, 1.54) is 35.6 Å². The van der Waals surface area contributed by atoms with Gasteiger partial charge in [-0.05, 0) is 54.7 Å². The third-order valence-electron chi connectivity index (χ3n) is 4.69. The Kier molecular flexibility index (Phi) is 7.03. The van der Waals surface area contributed by atoms with Gasteiger partial charge in [0.2, 0.25) is 0 Å². The first kappa shape index (κ1) is 21.6. The van der Waals surface area contributed by atoms with Gasteiger partial charge in [0.25, 0.3) is 5.91 Å². The molecule has 2 N–H and O–H groups in total. The number of aromatic nitrogens is 1. The molecule has 1 saturated heterocycles. The van der Waals surface area contributed by atoms with Crippen molar-refractivity contribution in [2.24, 2.45) is 0 Å². The number of fused-ring (bicyclic) bond motifs is 1. The topological polar surface area (TPSA) is 75.7 Å². The van der Waals surface area contributed by atoms with Crippen LogP contribution in [0.4, 0.5) is 9.52 Å². The summed E-state index contributed by atoms with van der Waals surface area (Å²) in [6.07, 6.45) is 0. The van der Waals surface area contributed by atoms with Crippen molar-refractivity contribution in [2.75, 3.05) is 44.8 Å². The maximum atomic E-state index is 13.0. The molecule has 0 saturated carbocycles. The second-order valence-electron chi connectivity index (χ2n) is 6.87. The number of benzene rings is 2. The number of nitrogens with one attached hydrogen (secondary N) is 2. The van der Waals surface area contributed by atoms with Crippen molar-refractivity contribution in [3.05, 3.63) is 53.8 Å². The second-order valence-corrected chi connectivity index (χ2v) is 8.31. The van der Waals surface area contributed by atoms with E-state index in [0.717, 1.165) is 48.8 Å². The van der Waals surface area contributed by atoms with E-state index in [9.17, 15) is 9.18 Å². The van der Waals surface area contributed by atoms with Crippen LogP contribution in [0.2, 0.25) is 0 Å². The highest BCUT2D eigenvalue weighted by Gasteiger charge is 2.12. The summed E-state index contributed by atoms with van der Waals surface area (Å²) >= 11 is 6.61. The third-order valence-corrected chi connectivity index (χ3v) is 5.83. The van der Waals surface area contributed by atoms with Crippen LogP contribution in [-0.4, -0.2) is 60.4 Å². The quantitative estimate of drug-likeness (QED) is 0.547. The molecule has 1 aliphatic rings. The Balaban J connectivity index is 1.31. The Morgan fingerprint density at radius 3 is 2.77 bits per heavy atom. The lowest BCUT2D eigenvalue weighted by molar-refractivity contribution is 0.0322. The Morgan fingerprint density at radius 2 is 2.00 bits per heavy atom. The van der Waals surface area contributed by atoms with Gasteiger partial charge in [-0.2, -0.15) is 0 Å². The second kappa shape index (κ2) is 10.1. The minimum absolute atomic E-state index is 0.121. The Hall–Kier alpha value is -2.66. The monoisotopic (exact) mass is 460 g/mol. The van der Waals surface area contributed by atoms with E-state index in [1.807, 2.05) is 18.2 Å². The number of hydrogen-bond acceptors (Lipinski definition) is 7. The molecule has 7 nitrogen and oxygen atoms in total. The first-order chi connectivity index (χ1) is 15.1. The predicted molar refractivity (Wildman–Crippen MR) is 122 cm³/mol. The lowest BCUT2D eigenvalue weighted by atomic mass is 10.2. The molecule has 2 aromatic carbocycles. The highest BCUT2D eigenvalue weighted by molar-refractivity contribution is 7.80. The summed E-state index contributed by atoms with van der Waals surface area (Å²) in [6, 6.07) is 11.0. The summed E-state index contributed by atoms with van der Waals surface area (Å²) in [5.74, 6) is -0.0473. The number of morpholine rings is 1. The minimum atomic E-state index is -0.422. The highest BCUT2D eigenvalue weighted by Crippen LogP contribution is 2.29. The van der Waals surface area contributed by atoms with E-state index in [1.54, 1.807) is 0 Å². The van der Waals surface area contributed by atoms with Crippen molar-refractivity contribution in [2.45, 2.75) is 0 Å². The summed E-state index contributed by atoms with van der Waals surface area (Å²) in [5.41, 5.74) is 1.12. The van der Waals surface area contributed by atoms with Crippen molar-refractivity contribution in [1.29, 1.82) is 0 Å². The molecule has 3 aromatic rings. The standard InChI is InChI=1S/C21H21FN4O3S2/c22-15-3-1-14(2-4-15)19(27)24-20(30)25-21-23-17-6-5-16(13-18(17)31-21)29-12-9-26-7-10-28-11-8-26/h1-6,13H,7-12H2,(H2,23,24,25,27,30). The van der Waals surface area contributed by atoms with Gasteiger partial charge >= 0.3 is 0 Å². The van der Waals surface area contributed by atoms with E-state index in [-0.39, 0.29) is 5.11 Å². The molecule has 162 valence electrons. The first-order valence-corrected chi connectivity index (χ1v) is 11.0. The largest absolute Gasteiger partial charge is 0.492 e. The van der Waals surface area contributed by atoms with Crippen LogP contribution in [0, 0.1) is 5.82 Å². The van der Waals surface area contributed by atoms with E-state index in [4.69, 9.17) is 21.7 Å². The molecular weight excluding hydrogens is 439 g/mol. The summed E-state index contributed by atoms with van der Waals surface area (Å²) in [6.45, 7) is 4.88. The van der Waals surface area contributed by atoms with Crippen LogP contribution in [0.3, 0.4) is 0 Å². The fourth-order valence-corrected chi connectivity index (χ4v) is 4.22. The number of thiazole rings is 1. The number of hydrogen-bond donors (Lipinski definition) is 2. The van der Waals surface area contributed by atoms with Gasteiger partial charge in [-0.25, -0.2) is 9.37 Å². The molecule has 4 rings (SSSR count). The molecule has 31 heavy (non-hydrogen) atoms. The molecule has 0 bridgehead atoms. The average Bonchev–Trinajstić information content (AvgIpc) is 3.16. The van der Waals surface area contributed by atoms with Crippen LogP contribution in [0.25, 0.3) is 10.2 Å². The maximum Gasteiger partial charge on any atom is 0.257 e. The molecule has 1 aromatic heterocycles. The third kappa shape index (κ3) is 5.95. The molecule has 0 unspecified atom stereocenters. The molecule has 1 amide bonds. The molecule has 0 radical (unpaired) electrons. The average molecular weight is 461 g/mol. The number of ether oxygens (including phenoxy) is 2. The van der Waals surface area contributed by atoms with Gasteiger partial charge in [0.05, 0.1) is 23.4 Å². The minimum Gasteiger partial charge on any atom is -0.492 e. The molecular formula is C21H21FN4O3S2. The van der Waals surface area contributed by atoms with Crippen molar-refractivity contribution >= 4 is 49.9 Å². The molecule has 0 aliphatic carbocycles. The van der Waals surface area contributed by atoms with Crippen LogP contribution in [0.5, 0.6) is 5.75 Å². The summed E-state index contributed by atoms with van der Waals surface area (Å²) in [4.78, 5) is 19.0. The van der Waals surface area contributed by atoms with Gasteiger partial charge in [0.1, 0.15) is 18.2 Å². The number of carbonyl (C=O) groups excluding carboxylic acids is 1. The van der Waals surface area contributed by atoms with Gasteiger partial charge in [-0.1, -0.05) is 11.3 Å². The van der Waals surface area contributed by atoms with E-state index >= 15 is 0 Å². The summed E-state index contributed by atoms with van der Waals surface area (Å²) in [5, 5.41) is 6.17. The van der Waals surface area contributed by atoms with Crippen molar-refractivity contribution < 1.29 is 18.7 Å². The molecule has 0 atom stereocenters. The van der Waals surface area contributed by atoms with Crippen molar-refractivity contribution in [3.8, 4) is 5.75 Å². The SMILES string of the molecule is O=C(NC(=S)Nc1nc2ccc(OCCN3CCOCC3)cc2s1)c1ccc(F)cc1.